The van der Waals surface area contributed by atoms with E-state index in [1.165, 1.54) is 0 Å². The fraction of sp³-hybridized carbons (Fsp3) is 0.0870. The topological polar surface area (TPSA) is 55.8 Å². The highest BCUT2D eigenvalue weighted by atomic mass is 35.5. The molecule has 1 unspecified atom stereocenters. The number of fused-ring (bicyclic) bond motifs is 1. The molecule has 0 aliphatic carbocycles. The molecule has 0 radical (unpaired) electrons. The van der Waals surface area contributed by atoms with Gasteiger partial charge >= 0.3 is 0 Å². The second kappa shape index (κ2) is 7.89. The van der Waals surface area contributed by atoms with E-state index in [9.17, 15) is 9.90 Å². The van der Waals surface area contributed by atoms with Gasteiger partial charge in [0.05, 0.1) is 0 Å². The predicted octanol–water partition coefficient (Wildman–Crippen LogP) is 4.74. The van der Waals surface area contributed by atoms with E-state index in [1.807, 2.05) is 36.4 Å². The Morgan fingerprint density at radius 1 is 1.04 bits per heavy atom. The fourth-order valence-electron chi connectivity index (χ4n) is 3.05. The number of ether oxygens (including phenoxy) is 2. The molecule has 1 heterocycles. The lowest BCUT2D eigenvalue weighted by molar-refractivity contribution is 0.0224. The molecule has 3 aromatic carbocycles. The summed E-state index contributed by atoms with van der Waals surface area (Å²) in [6, 6.07) is 21.8. The average Bonchev–Trinajstić information content (AvgIpc) is 2.72. The van der Waals surface area contributed by atoms with Crippen molar-refractivity contribution in [3.8, 4) is 11.5 Å². The Morgan fingerprint density at radius 2 is 1.79 bits per heavy atom. The van der Waals surface area contributed by atoms with Gasteiger partial charge in [-0.2, -0.15) is 0 Å². The van der Waals surface area contributed by atoms with Crippen molar-refractivity contribution < 1.29 is 19.4 Å². The van der Waals surface area contributed by atoms with Gasteiger partial charge in [-0.25, -0.2) is 0 Å². The Morgan fingerprint density at radius 3 is 2.54 bits per heavy atom. The van der Waals surface area contributed by atoms with Crippen molar-refractivity contribution >= 4 is 23.0 Å². The van der Waals surface area contributed by atoms with E-state index < -0.39 is 6.29 Å². The smallest absolute Gasteiger partial charge is 0.218 e. The summed E-state index contributed by atoms with van der Waals surface area (Å²) in [5.41, 5.74) is 3.26. The van der Waals surface area contributed by atoms with Gasteiger partial charge in [0.2, 0.25) is 6.29 Å². The number of aliphatic hydroxyl groups excluding tert-OH is 1. The van der Waals surface area contributed by atoms with Gasteiger partial charge in [0.25, 0.3) is 0 Å². The van der Waals surface area contributed by atoms with Crippen molar-refractivity contribution in [1.29, 1.82) is 0 Å². The third kappa shape index (κ3) is 3.93. The fourth-order valence-corrected chi connectivity index (χ4v) is 3.17. The Kier molecular flexibility index (Phi) is 5.15. The molecule has 1 N–H and O–H groups in total. The summed E-state index contributed by atoms with van der Waals surface area (Å²) in [6.45, 7) is -0.107. The van der Waals surface area contributed by atoms with Crippen LogP contribution in [0.2, 0.25) is 5.02 Å². The number of aliphatic hydroxyl groups is 1. The van der Waals surface area contributed by atoms with E-state index >= 15 is 0 Å². The van der Waals surface area contributed by atoms with Crippen LogP contribution in [0.15, 0.2) is 78.9 Å². The van der Waals surface area contributed by atoms with Crippen LogP contribution in [-0.2, 0) is 0 Å². The van der Waals surface area contributed by atoms with Crippen molar-refractivity contribution in [2.45, 2.75) is 6.29 Å². The minimum absolute atomic E-state index is 0.107. The number of Topliss-reactive ketones (excluding diaryl/α,β-unsaturated/α-hetero) is 1. The number of carbonyl (C=O) groups is 1. The largest absolute Gasteiger partial charge is 0.485 e. The number of rotatable bonds is 5. The highest BCUT2D eigenvalue weighted by Gasteiger charge is 2.21. The van der Waals surface area contributed by atoms with Crippen LogP contribution in [0.25, 0.3) is 5.57 Å². The van der Waals surface area contributed by atoms with Crippen LogP contribution in [0.1, 0.15) is 21.5 Å². The molecule has 0 fully saturated rings. The first-order valence-corrected chi connectivity index (χ1v) is 9.16. The van der Waals surface area contributed by atoms with E-state index in [4.69, 9.17) is 21.1 Å². The molecule has 0 saturated carbocycles. The van der Waals surface area contributed by atoms with Gasteiger partial charge in [0.1, 0.15) is 11.5 Å². The quantitative estimate of drug-likeness (QED) is 0.637. The van der Waals surface area contributed by atoms with Gasteiger partial charge in [-0.05, 0) is 53.6 Å². The molecule has 3 aromatic rings. The van der Waals surface area contributed by atoms with Crippen molar-refractivity contribution in [1.82, 2.24) is 0 Å². The lowest BCUT2D eigenvalue weighted by atomic mass is 9.95. The molecular formula is C23H17ClO4. The van der Waals surface area contributed by atoms with E-state index in [2.05, 4.69) is 0 Å². The van der Waals surface area contributed by atoms with Crippen molar-refractivity contribution in [3.05, 3.63) is 101 Å². The maximum absolute atomic E-state index is 12.3. The van der Waals surface area contributed by atoms with Gasteiger partial charge in [0.15, 0.2) is 12.4 Å². The lowest BCUT2D eigenvalue weighted by Gasteiger charge is -2.23. The number of ketones is 1. The lowest BCUT2D eigenvalue weighted by Crippen LogP contribution is -2.18. The molecule has 4 rings (SSSR count). The Bertz CT molecular complexity index is 1030. The van der Waals surface area contributed by atoms with Crippen LogP contribution in [0.3, 0.4) is 0 Å². The van der Waals surface area contributed by atoms with Crippen molar-refractivity contribution in [2.75, 3.05) is 6.61 Å². The molecule has 1 aliphatic rings. The first-order valence-electron chi connectivity index (χ1n) is 8.78. The number of hydrogen-bond acceptors (Lipinski definition) is 4. The molecule has 1 atom stereocenters. The second-order valence-corrected chi connectivity index (χ2v) is 6.77. The molecule has 1 aliphatic heterocycles. The number of halogens is 1. The van der Waals surface area contributed by atoms with Crippen LogP contribution < -0.4 is 9.47 Å². The monoisotopic (exact) mass is 392 g/mol. The average molecular weight is 393 g/mol. The summed E-state index contributed by atoms with van der Waals surface area (Å²) < 4.78 is 11.2. The summed E-state index contributed by atoms with van der Waals surface area (Å²) in [7, 11) is 0. The molecule has 0 aromatic heterocycles. The first-order chi connectivity index (χ1) is 13.6. The van der Waals surface area contributed by atoms with Crippen LogP contribution in [0, 0.1) is 0 Å². The minimum atomic E-state index is -1.05. The molecule has 4 nitrogen and oxygen atoms in total. The van der Waals surface area contributed by atoms with Crippen LogP contribution in [-0.4, -0.2) is 23.8 Å². The van der Waals surface area contributed by atoms with E-state index in [0.29, 0.717) is 22.1 Å². The standard InChI is InChI=1S/C23H17ClO4/c24-17-8-6-16(7-9-17)21(25)14-27-18-10-11-19-20(15-4-2-1-3-5-15)13-23(26)28-22(19)12-18/h1-13,23,26H,14H2. The summed E-state index contributed by atoms with van der Waals surface area (Å²) in [5, 5.41) is 10.6. The molecular weight excluding hydrogens is 376 g/mol. The van der Waals surface area contributed by atoms with Crippen LogP contribution in [0.5, 0.6) is 11.5 Å². The number of carbonyl (C=O) groups excluding carboxylic acids is 1. The minimum Gasteiger partial charge on any atom is -0.485 e. The zero-order chi connectivity index (χ0) is 19.5. The normalized spacial score (nSPS) is 15.2. The van der Waals surface area contributed by atoms with Gasteiger partial charge in [0, 0.05) is 22.2 Å². The van der Waals surface area contributed by atoms with Crippen molar-refractivity contribution in [3.63, 3.8) is 0 Å². The third-order valence-electron chi connectivity index (χ3n) is 4.42. The van der Waals surface area contributed by atoms with Crippen LogP contribution in [0.4, 0.5) is 0 Å². The molecule has 5 heteroatoms. The molecule has 140 valence electrons. The Hall–Kier alpha value is -3.08. The molecule has 0 saturated heterocycles. The second-order valence-electron chi connectivity index (χ2n) is 6.33. The Balaban J connectivity index is 1.53. The summed E-state index contributed by atoms with van der Waals surface area (Å²) in [4.78, 5) is 12.3. The van der Waals surface area contributed by atoms with Gasteiger partial charge < -0.3 is 14.6 Å². The number of benzene rings is 3. The highest BCUT2D eigenvalue weighted by molar-refractivity contribution is 6.30. The Labute approximate surface area is 167 Å². The van der Waals surface area contributed by atoms with Crippen LogP contribution >= 0.6 is 11.6 Å². The van der Waals surface area contributed by atoms with Gasteiger partial charge in [-0.3, -0.25) is 4.79 Å². The zero-order valence-electron chi connectivity index (χ0n) is 14.8. The number of hydrogen-bond donors (Lipinski definition) is 1. The van der Waals surface area contributed by atoms with Gasteiger partial charge in [-0.15, -0.1) is 0 Å². The zero-order valence-corrected chi connectivity index (χ0v) is 15.6. The molecule has 0 bridgehead atoms. The highest BCUT2D eigenvalue weighted by Crippen LogP contribution is 2.37. The third-order valence-corrected chi connectivity index (χ3v) is 4.67. The van der Waals surface area contributed by atoms with Crippen molar-refractivity contribution in [2.24, 2.45) is 0 Å². The van der Waals surface area contributed by atoms with Gasteiger partial charge in [-0.1, -0.05) is 41.9 Å². The maximum atomic E-state index is 12.3. The SMILES string of the molecule is O=C(COc1ccc2c(c1)OC(O)C=C2c1ccccc1)c1ccc(Cl)cc1. The molecule has 28 heavy (non-hydrogen) atoms. The molecule has 0 spiro atoms. The predicted molar refractivity (Wildman–Crippen MR) is 108 cm³/mol. The summed E-state index contributed by atoms with van der Waals surface area (Å²) in [6.07, 6.45) is 0.621. The maximum Gasteiger partial charge on any atom is 0.218 e. The first kappa shape index (κ1) is 18.3. The summed E-state index contributed by atoms with van der Waals surface area (Å²) in [5.74, 6) is 0.841. The van der Waals surface area contributed by atoms with E-state index in [0.717, 1.165) is 16.7 Å². The van der Waals surface area contributed by atoms with E-state index in [1.54, 1.807) is 42.5 Å². The molecule has 0 amide bonds. The van der Waals surface area contributed by atoms with E-state index in [-0.39, 0.29) is 12.4 Å². The summed E-state index contributed by atoms with van der Waals surface area (Å²) >= 11 is 5.84.